The number of nitrogens with zero attached hydrogens (tertiary/aromatic N) is 2. The van der Waals surface area contributed by atoms with Crippen molar-refractivity contribution in [3.05, 3.63) is 48.4 Å². The number of fused-ring (bicyclic) bond motifs is 1. The summed E-state index contributed by atoms with van der Waals surface area (Å²) in [6.07, 6.45) is 3.61. The van der Waals surface area contributed by atoms with Gasteiger partial charge in [-0.25, -0.2) is 9.37 Å². The van der Waals surface area contributed by atoms with Crippen LogP contribution in [0, 0.1) is 11.7 Å². The highest BCUT2D eigenvalue weighted by Crippen LogP contribution is 2.31. The third kappa shape index (κ3) is 4.36. The fourth-order valence-electron chi connectivity index (χ4n) is 3.54. The predicted octanol–water partition coefficient (Wildman–Crippen LogP) is 4.97. The normalized spacial score (nSPS) is 16.6. The van der Waals surface area contributed by atoms with E-state index in [0.717, 1.165) is 17.3 Å². The SMILES string of the molecule is CC(C)Oc1ccc(-c2cc3ncccc3c(OC[C@H]3CCC(=O)C3)n2)cc1F. The van der Waals surface area contributed by atoms with Gasteiger partial charge < -0.3 is 9.47 Å². The lowest BCUT2D eigenvalue weighted by Crippen LogP contribution is -2.10. The highest BCUT2D eigenvalue weighted by molar-refractivity contribution is 5.87. The van der Waals surface area contributed by atoms with Crippen molar-refractivity contribution in [2.45, 2.75) is 39.2 Å². The molecule has 29 heavy (non-hydrogen) atoms. The largest absolute Gasteiger partial charge is 0.488 e. The number of halogens is 1. The third-order valence-corrected chi connectivity index (χ3v) is 4.96. The Morgan fingerprint density at radius 2 is 2.10 bits per heavy atom. The van der Waals surface area contributed by atoms with Crippen LogP contribution in [0.5, 0.6) is 11.6 Å². The van der Waals surface area contributed by atoms with Crippen LogP contribution in [0.4, 0.5) is 4.39 Å². The van der Waals surface area contributed by atoms with Crippen molar-refractivity contribution < 1.29 is 18.7 Å². The van der Waals surface area contributed by atoms with Gasteiger partial charge in [0, 0.05) is 30.5 Å². The summed E-state index contributed by atoms with van der Waals surface area (Å²) in [5.41, 5.74) is 1.91. The van der Waals surface area contributed by atoms with Gasteiger partial charge in [-0.2, -0.15) is 0 Å². The summed E-state index contributed by atoms with van der Waals surface area (Å²) in [5.74, 6) is 0.722. The lowest BCUT2D eigenvalue weighted by molar-refractivity contribution is -0.117. The Labute approximate surface area is 168 Å². The van der Waals surface area contributed by atoms with Crippen LogP contribution >= 0.6 is 0 Å². The first-order valence-corrected chi connectivity index (χ1v) is 9.86. The van der Waals surface area contributed by atoms with Crippen molar-refractivity contribution in [2.75, 3.05) is 6.61 Å². The third-order valence-electron chi connectivity index (χ3n) is 4.96. The average molecular weight is 394 g/mol. The zero-order chi connectivity index (χ0) is 20.4. The van der Waals surface area contributed by atoms with E-state index >= 15 is 0 Å². The number of hydrogen-bond donors (Lipinski definition) is 0. The number of aromatic nitrogens is 2. The fourth-order valence-corrected chi connectivity index (χ4v) is 3.54. The molecule has 0 spiro atoms. The second kappa shape index (κ2) is 8.15. The molecule has 1 aliphatic rings. The first-order valence-electron chi connectivity index (χ1n) is 9.86. The maximum absolute atomic E-state index is 14.5. The Balaban J connectivity index is 1.66. The molecule has 0 N–H and O–H groups in total. The minimum Gasteiger partial charge on any atom is -0.488 e. The smallest absolute Gasteiger partial charge is 0.223 e. The standard InChI is InChI=1S/C23H23FN2O3/c1-14(2)29-22-8-6-16(11-19(22)24)20-12-21-18(4-3-9-25-21)23(26-20)28-13-15-5-7-17(27)10-15/h3-4,6,8-9,11-12,14-15H,5,7,10,13H2,1-2H3/t15-/m0/s1. The summed E-state index contributed by atoms with van der Waals surface area (Å²) in [6, 6.07) is 10.3. The van der Waals surface area contributed by atoms with Crippen molar-refractivity contribution >= 4 is 16.7 Å². The van der Waals surface area contributed by atoms with E-state index in [4.69, 9.17) is 9.47 Å². The van der Waals surface area contributed by atoms with E-state index in [0.29, 0.717) is 36.6 Å². The molecule has 2 aromatic heterocycles. The van der Waals surface area contributed by atoms with Gasteiger partial charge in [-0.15, -0.1) is 0 Å². The molecule has 0 bridgehead atoms. The van der Waals surface area contributed by atoms with Crippen LogP contribution in [-0.2, 0) is 4.79 Å². The Morgan fingerprint density at radius 1 is 1.24 bits per heavy atom. The first-order chi connectivity index (χ1) is 14.0. The highest BCUT2D eigenvalue weighted by atomic mass is 19.1. The quantitative estimate of drug-likeness (QED) is 0.591. The summed E-state index contributed by atoms with van der Waals surface area (Å²) >= 11 is 0. The molecule has 0 amide bonds. The summed E-state index contributed by atoms with van der Waals surface area (Å²) in [4.78, 5) is 20.6. The molecule has 3 aromatic rings. The second-order valence-corrected chi connectivity index (χ2v) is 7.65. The summed E-state index contributed by atoms with van der Waals surface area (Å²) < 4.78 is 25.9. The number of benzene rings is 1. The number of carbonyl (C=O) groups is 1. The highest BCUT2D eigenvalue weighted by Gasteiger charge is 2.23. The molecular formula is C23H23FN2O3. The Kier molecular flexibility index (Phi) is 5.43. The number of Topliss-reactive ketones (excluding diaryl/α,β-unsaturated/α-hetero) is 1. The van der Waals surface area contributed by atoms with Gasteiger partial charge in [-0.05, 0) is 56.7 Å². The molecule has 1 fully saturated rings. The van der Waals surface area contributed by atoms with Crippen LogP contribution in [0.25, 0.3) is 22.2 Å². The van der Waals surface area contributed by atoms with Crippen LogP contribution in [0.2, 0.25) is 0 Å². The molecule has 2 heterocycles. The van der Waals surface area contributed by atoms with Gasteiger partial charge in [-0.3, -0.25) is 9.78 Å². The monoisotopic (exact) mass is 394 g/mol. The maximum Gasteiger partial charge on any atom is 0.223 e. The number of carbonyl (C=O) groups excluding carboxylic acids is 1. The molecule has 1 saturated carbocycles. The van der Waals surface area contributed by atoms with Crippen LogP contribution < -0.4 is 9.47 Å². The molecule has 6 heteroatoms. The molecule has 1 aromatic carbocycles. The summed E-state index contributed by atoms with van der Waals surface area (Å²) in [6.45, 7) is 4.14. The van der Waals surface area contributed by atoms with Crippen LogP contribution in [0.15, 0.2) is 42.6 Å². The molecule has 0 aliphatic heterocycles. The van der Waals surface area contributed by atoms with Crippen molar-refractivity contribution in [3.8, 4) is 22.9 Å². The number of hydrogen-bond acceptors (Lipinski definition) is 5. The lowest BCUT2D eigenvalue weighted by Gasteiger charge is -2.14. The van der Waals surface area contributed by atoms with Gasteiger partial charge in [0.15, 0.2) is 11.6 Å². The zero-order valence-corrected chi connectivity index (χ0v) is 16.5. The van der Waals surface area contributed by atoms with E-state index in [1.807, 2.05) is 32.0 Å². The molecule has 4 rings (SSSR count). The van der Waals surface area contributed by atoms with Crippen molar-refractivity contribution in [3.63, 3.8) is 0 Å². The van der Waals surface area contributed by atoms with Gasteiger partial charge >= 0.3 is 0 Å². The minimum atomic E-state index is -0.439. The first kappa shape index (κ1) is 19.3. The van der Waals surface area contributed by atoms with Gasteiger partial charge in [0.05, 0.1) is 29.3 Å². The predicted molar refractivity (Wildman–Crippen MR) is 109 cm³/mol. The molecular weight excluding hydrogens is 371 g/mol. The zero-order valence-electron chi connectivity index (χ0n) is 16.5. The second-order valence-electron chi connectivity index (χ2n) is 7.65. The maximum atomic E-state index is 14.5. The summed E-state index contributed by atoms with van der Waals surface area (Å²) in [5, 5.41) is 0.792. The number of rotatable bonds is 6. The number of ether oxygens (including phenoxy) is 2. The number of pyridine rings is 2. The molecule has 0 saturated heterocycles. The van der Waals surface area contributed by atoms with E-state index in [1.165, 1.54) is 6.07 Å². The van der Waals surface area contributed by atoms with E-state index in [9.17, 15) is 9.18 Å². The topological polar surface area (TPSA) is 61.3 Å². The van der Waals surface area contributed by atoms with Crippen LogP contribution in [0.1, 0.15) is 33.1 Å². The molecule has 0 radical (unpaired) electrons. The van der Waals surface area contributed by atoms with Gasteiger partial charge in [-0.1, -0.05) is 0 Å². The van der Waals surface area contributed by atoms with Crippen molar-refractivity contribution in [2.24, 2.45) is 5.92 Å². The molecule has 0 unspecified atom stereocenters. The Morgan fingerprint density at radius 3 is 2.83 bits per heavy atom. The fraction of sp³-hybridized carbons (Fsp3) is 0.348. The van der Waals surface area contributed by atoms with Crippen molar-refractivity contribution in [1.29, 1.82) is 0 Å². The van der Waals surface area contributed by atoms with Gasteiger partial charge in [0.25, 0.3) is 0 Å². The number of ketones is 1. The lowest BCUT2D eigenvalue weighted by atomic mass is 10.1. The van der Waals surface area contributed by atoms with E-state index in [1.54, 1.807) is 18.3 Å². The Hall–Kier alpha value is -3.02. The van der Waals surface area contributed by atoms with E-state index in [2.05, 4.69) is 9.97 Å². The van der Waals surface area contributed by atoms with Gasteiger partial charge in [0.2, 0.25) is 5.88 Å². The molecule has 5 nitrogen and oxygen atoms in total. The molecule has 150 valence electrons. The minimum absolute atomic E-state index is 0.110. The molecule has 1 atom stereocenters. The van der Waals surface area contributed by atoms with E-state index < -0.39 is 5.82 Å². The van der Waals surface area contributed by atoms with E-state index in [-0.39, 0.29) is 23.6 Å². The molecule has 1 aliphatic carbocycles. The van der Waals surface area contributed by atoms with Gasteiger partial charge in [0.1, 0.15) is 5.78 Å². The van der Waals surface area contributed by atoms with Crippen LogP contribution in [-0.4, -0.2) is 28.5 Å². The average Bonchev–Trinajstić information content (AvgIpc) is 3.12. The van der Waals surface area contributed by atoms with Crippen molar-refractivity contribution in [1.82, 2.24) is 9.97 Å². The Bertz CT molecular complexity index is 1050. The summed E-state index contributed by atoms with van der Waals surface area (Å²) in [7, 11) is 0. The van der Waals surface area contributed by atoms with Crippen LogP contribution in [0.3, 0.4) is 0 Å².